The van der Waals surface area contributed by atoms with Gasteiger partial charge in [-0.3, -0.25) is 9.59 Å². The van der Waals surface area contributed by atoms with Gasteiger partial charge in [-0.15, -0.1) is 0 Å². The Hall–Kier alpha value is -4.33. The summed E-state index contributed by atoms with van der Waals surface area (Å²) in [6.07, 6.45) is 4.10. The lowest BCUT2D eigenvalue weighted by molar-refractivity contribution is 0.0978. The number of hydrogen-bond acceptors (Lipinski definition) is 7. The third kappa shape index (κ3) is 3.00. The first-order valence-electron chi connectivity index (χ1n) is 8.93. The van der Waals surface area contributed by atoms with Gasteiger partial charge in [-0.1, -0.05) is 0 Å². The smallest absolute Gasteiger partial charge is 0.230 e. The zero-order valence-corrected chi connectivity index (χ0v) is 15.3. The summed E-state index contributed by atoms with van der Waals surface area (Å²) in [5, 5.41) is 2.84. The predicted octanol–water partition coefficient (Wildman–Crippen LogP) is 4.51. The van der Waals surface area contributed by atoms with Crippen LogP contribution in [0.25, 0.3) is 22.9 Å². The number of halogens is 1. The van der Waals surface area contributed by atoms with Crippen molar-refractivity contribution in [3.63, 3.8) is 0 Å². The molecule has 146 valence electrons. The van der Waals surface area contributed by atoms with E-state index >= 15 is 0 Å². The van der Waals surface area contributed by atoms with Crippen LogP contribution in [0.15, 0.2) is 81.7 Å². The first kappa shape index (κ1) is 17.7. The zero-order valence-electron chi connectivity index (χ0n) is 15.3. The van der Waals surface area contributed by atoms with Gasteiger partial charge in [0, 0.05) is 11.8 Å². The summed E-state index contributed by atoms with van der Waals surface area (Å²) < 4.78 is 24.0. The molecular formula is C22H12FN3O4. The number of ketones is 2. The molecule has 0 spiro atoms. The number of aromatic nitrogens is 2. The van der Waals surface area contributed by atoms with Crippen molar-refractivity contribution in [3.05, 3.63) is 90.0 Å². The molecule has 0 bridgehead atoms. The van der Waals surface area contributed by atoms with Gasteiger partial charge in [0.2, 0.25) is 11.6 Å². The van der Waals surface area contributed by atoms with Crippen LogP contribution in [0, 0.1) is 5.82 Å². The molecule has 0 amide bonds. The van der Waals surface area contributed by atoms with Crippen LogP contribution in [0.1, 0.15) is 21.0 Å². The molecule has 7 nitrogen and oxygen atoms in total. The summed E-state index contributed by atoms with van der Waals surface area (Å²) in [6.45, 7) is 0. The van der Waals surface area contributed by atoms with E-state index in [1.54, 1.807) is 24.3 Å². The molecule has 0 saturated heterocycles. The van der Waals surface area contributed by atoms with Crippen LogP contribution in [0.5, 0.6) is 0 Å². The summed E-state index contributed by atoms with van der Waals surface area (Å²) in [4.78, 5) is 34.6. The summed E-state index contributed by atoms with van der Waals surface area (Å²) in [6, 6.07) is 12.1. The molecule has 3 aromatic heterocycles. The second-order valence-corrected chi connectivity index (χ2v) is 6.46. The highest BCUT2D eigenvalue weighted by atomic mass is 19.1. The van der Waals surface area contributed by atoms with Crippen molar-refractivity contribution in [2.45, 2.75) is 0 Å². The summed E-state index contributed by atoms with van der Waals surface area (Å²) in [5.74, 6) is -0.651. The molecule has 0 radical (unpaired) electrons. The Kier molecular flexibility index (Phi) is 4.10. The fraction of sp³-hybridized carbons (Fsp3) is 0. The van der Waals surface area contributed by atoms with E-state index < -0.39 is 17.4 Å². The Bertz CT molecular complexity index is 1290. The van der Waals surface area contributed by atoms with Crippen LogP contribution in [-0.2, 0) is 0 Å². The largest absolute Gasteiger partial charge is 0.463 e. The average Bonchev–Trinajstić information content (AvgIpc) is 3.47. The molecule has 0 unspecified atom stereocenters. The van der Waals surface area contributed by atoms with Gasteiger partial charge in [0.15, 0.2) is 11.5 Å². The Morgan fingerprint density at radius 2 is 1.37 bits per heavy atom. The first-order chi connectivity index (χ1) is 14.6. The second kappa shape index (κ2) is 6.93. The number of allylic oxidation sites excluding steroid dienone is 2. The third-order valence-electron chi connectivity index (χ3n) is 4.50. The highest BCUT2D eigenvalue weighted by Gasteiger charge is 2.32. The van der Waals surface area contributed by atoms with Crippen molar-refractivity contribution in [1.82, 2.24) is 9.97 Å². The van der Waals surface area contributed by atoms with Gasteiger partial charge in [0.1, 0.15) is 28.6 Å². The SMILES string of the molecule is O=C1C=C(Nc2ccc(F)cc2)C(=O)c2nc(-c3ccco3)c(-c3ccco3)nc21. The fourth-order valence-electron chi connectivity index (χ4n) is 3.11. The van der Waals surface area contributed by atoms with Crippen LogP contribution < -0.4 is 5.32 Å². The monoisotopic (exact) mass is 401 g/mol. The lowest BCUT2D eigenvalue weighted by Crippen LogP contribution is -2.25. The minimum atomic E-state index is -0.514. The Morgan fingerprint density at radius 1 is 0.767 bits per heavy atom. The van der Waals surface area contributed by atoms with Gasteiger partial charge in [0.25, 0.3) is 0 Å². The Balaban J connectivity index is 1.61. The maximum Gasteiger partial charge on any atom is 0.230 e. The molecule has 0 aliphatic heterocycles. The number of furan rings is 2. The minimum Gasteiger partial charge on any atom is -0.463 e. The van der Waals surface area contributed by atoms with E-state index in [4.69, 9.17) is 8.83 Å². The summed E-state index contributed by atoms with van der Waals surface area (Å²) in [7, 11) is 0. The van der Waals surface area contributed by atoms with E-state index in [1.165, 1.54) is 36.8 Å². The van der Waals surface area contributed by atoms with E-state index in [1.807, 2.05) is 0 Å². The Labute approximate surface area is 168 Å². The molecule has 1 aliphatic rings. The van der Waals surface area contributed by atoms with E-state index in [2.05, 4.69) is 15.3 Å². The molecule has 5 rings (SSSR count). The molecule has 0 saturated carbocycles. The zero-order chi connectivity index (χ0) is 20.7. The van der Waals surface area contributed by atoms with Crippen molar-refractivity contribution in [1.29, 1.82) is 0 Å². The maximum absolute atomic E-state index is 13.1. The average molecular weight is 401 g/mol. The van der Waals surface area contributed by atoms with Gasteiger partial charge < -0.3 is 14.2 Å². The number of hydrogen-bond donors (Lipinski definition) is 1. The van der Waals surface area contributed by atoms with Crippen LogP contribution in [0.2, 0.25) is 0 Å². The topological polar surface area (TPSA) is 98.2 Å². The number of nitrogens with one attached hydrogen (secondary N) is 1. The molecule has 4 aromatic rings. The van der Waals surface area contributed by atoms with Crippen LogP contribution >= 0.6 is 0 Å². The fourth-order valence-corrected chi connectivity index (χ4v) is 3.11. The molecule has 1 N–H and O–H groups in total. The Morgan fingerprint density at radius 3 is 1.93 bits per heavy atom. The molecule has 1 aliphatic carbocycles. The quantitative estimate of drug-likeness (QED) is 0.537. The van der Waals surface area contributed by atoms with Crippen LogP contribution in [0.3, 0.4) is 0 Å². The maximum atomic E-state index is 13.1. The van der Waals surface area contributed by atoms with E-state index in [0.717, 1.165) is 6.08 Å². The normalized spacial score (nSPS) is 13.2. The number of fused-ring (bicyclic) bond motifs is 1. The van der Waals surface area contributed by atoms with Crippen molar-refractivity contribution < 1.29 is 22.8 Å². The van der Waals surface area contributed by atoms with Crippen molar-refractivity contribution >= 4 is 17.3 Å². The molecule has 8 heteroatoms. The molecule has 1 aromatic carbocycles. The highest BCUT2D eigenvalue weighted by Crippen LogP contribution is 2.32. The molecule has 3 heterocycles. The van der Waals surface area contributed by atoms with E-state index in [-0.39, 0.29) is 28.5 Å². The van der Waals surface area contributed by atoms with E-state index in [9.17, 15) is 14.0 Å². The van der Waals surface area contributed by atoms with Gasteiger partial charge >= 0.3 is 0 Å². The van der Waals surface area contributed by atoms with Gasteiger partial charge in [-0.2, -0.15) is 0 Å². The van der Waals surface area contributed by atoms with Crippen LogP contribution in [0.4, 0.5) is 10.1 Å². The van der Waals surface area contributed by atoms with Crippen molar-refractivity contribution in [2.75, 3.05) is 5.32 Å². The van der Waals surface area contributed by atoms with Crippen molar-refractivity contribution in [2.24, 2.45) is 0 Å². The molecular weight excluding hydrogens is 389 g/mol. The van der Waals surface area contributed by atoms with Crippen LogP contribution in [-0.4, -0.2) is 21.5 Å². The minimum absolute atomic E-state index is 0.0181. The lowest BCUT2D eigenvalue weighted by Gasteiger charge is -2.17. The third-order valence-corrected chi connectivity index (χ3v) is 4.50. The number of benzene rings is 1. The number of carbonyl (C=O) groups is 2. The molecule has 30 heavy (non-hydrogen) atoms. The summed E-state index contributed by atoms with van der Waals surface area (Å²) >= 11 is 0. The number of nitrogens with zero attached hydrogens (tertiary/aromatic N) is 2. The number of Topliss-reactive ketones (excluding diaryl/α,β-unsaturated/α-hetero) is 1. The summed E-state index contributed by atoms with van der Waals surface area (Å²) in [5.41, 5.74) is 0.861. The lowest BCUT2D eigenvalue weighted by atomic mass is 10.00. The van der Waals surface area contributed by atoms with Gasteiger partial charge in [0.05, 0.1) is 18.2 Å². The second-order valence-electron chi connectivity index (χ2n) is 6.46. The van der Waals surface area contributed by atoms with Gasteiger partial charge in [-0.25, -0.2) is 14.4 Å². The number of carbonyl (C=O) groups excluding carboxylic acids is 2. The molecule has 0 fully saturated rings. The number of anilines is 1. The first-order valence-corrected chi connectivity index (χ1v) is 8.93. The van der Waals surface area contributed by atoms with Gasteiger partial charge in [-0.05, 0) is 48.5 Å². The van der Waals surface area contributed by atoms with E-state index in [0.29, 0.717) is 17.2 Å². The molecule has 0 atom stereocenters. The standard InChI is InChI=1S/C22H12FN3O4/c23-12-5-7-13(8-6-12)24-14-11-15(27)18-21(22(14)28)26-20(17-4-2-10-30-17)19(25-18)16-3-1-9-29-16/h1-11,24H. The van der Waals surface area contributed by atoms with Crippen molar-refractivity contribution in [3.8, 4) is 22.9 Å². The predicted molar refractivity (Wildman–Crippen MR) is 104 cm³/mol. The number of rotatable bonds is 4. The highest BCUT2D eigenvalue weighted by molar-refractivity contribution is 6.24.